The zero-order valence-electron chi connectivity index (χ0n) is 13.9. The summed E-state index contributed by atoms with van der Waals surface area (Å²) in [7, 11) is 0. The standard InChI is InChI=1S/C18H20BrFN4S/c19-13-9-15-17(22-10-13)23-18(25-15)12-3-1-7-21-16(6-5-12)24-8-2-4-14(20)11-24/h5-6,9-10,12,14H,1-4,7-8,11H2/t12?,14-/m0/s1. The highest BCUT2D eigenvalue weighted by Gasteiger charge is 2.22. The molecule has 1 fully saturated rings. The van der Waals surface area contributed by atoms with Gasteiger partial charge in [-0.05, 0) is 53.8 Å². The highest BCUT2D eigenvalue weighted by Crippen LogP contribution is 2.32. The second-order valence-corrected chi connectivity index (χ2v) is 8.54. The topological polar surface area (TPSA) is 41.4 Å². The van der Waals surface area contributed by atoms with Crippen molar-refractivity contribution in [2.24, 2.45) is 4.99 Å². The van der Waals surface area contributed by atoms with Crippen molar-refractivity contribution in [2.45, 2.75) is 37.8 Å². The summed E-state index contributed by atoms with van der Waals surface area (Å²) in [5.41, 5.74) is 0.809. The Kier molecular flexibility index (Phi) is 5.12. The van der Waals surface area contributed by atoms with Gasteiger partial charge in [-0.3, -0.25) is 4.99 Å². The van der Waals surface area contributed by atoms with Gasteiger partial charge in [-0.25, -0.2) is 14.4 Å². The van der Waals surface area contributed by atoms with Gasteiger partial charge in [0.2, 0.25) is 0 Å². The molecule has 1 unspecified atom stereocenters. The van der Waals surface area contributed by atoms with E-state index in [0.717, 1.165) is 58.0 Å². The number of pyridine rings is 1. The molecule has 2 aliphatic heterocycles. The Labute approximate surface area is 159 Å². The largest absolute Gasteiger partial charge is 0.354 e. The van der Waals surface area contributed by atoms with Gasteiger partial charge in [-0.15, -0.1) is 11.3 Å². The van der Waals surface area contributed by atoms with Crippen molar-refractivity contribution in [1.29, 1.82) is 0 Å². The number of nitrogens with zero attached hydrogens (tertiary/aromatic N) is 4. The average molecular weight is 423 g/mol. The minimum absolute atomic E-state index is 0.273. The molecule has 2 atom stereocenters. The highest BCUT2D eigenvalue weighted by molar-refractivity contribution is 9.10. The summed E-state index contributed by atoms with van der Waals surface area (Å²) >= 11 is 5.17. The molecule has 0 bridgehead atoms. The summed E-state index contributed by atoms with van der Waals surface area (Å²) in [5, 5.41) is 1.10. The molecule has 4 rings (SSSR count). The summed E-state index contributed by atoms with van der Waals surface area (Å²) in [6, 6.07) is 2.07. The lowest BCUT2D eigenvalue weighted by molar-refractivity contribution is 0.196. The normalized spacial score (nSPS) is 24.9. The van der Waals surface area contributed by atoms with Crippen molar-refractivity contribution in [3.8, 4) is 0 Å². The Morgan fingerprint density at radius 2 is 2.20 bits per heavy atom. The van der Waals surface area contributed by atoms with Gasteiger partial charge in [-0.2, -0.15) is 0 Å². The molecular weight excluding hydrogens is 403 g/mol. The lowest BCUT2D eigenvalue weighted by Crippen LogP contribution is -2.40. The average Bonchev–Trinajstić information content (AvgIpc) is 2.97. The van der Waals surface area contributed by atoms with Crippen LogP contribution in [-0.2, 0) is 0 Å². The van der Waals surface area contributed by atoms with Crippen LogP contribution in [0, 0.1) is 0 Å². The van der Waals surface area contributed by atoms with E-state index in [1.165, 1.54) is 0 Å². The maximum absolute atomic E-state index is 13.7. The molecule has 0 amide bonds. The summed E-state index contributed by atoms with van der Waals surface area (Å²) < 4.78 is 15.8. The highest BCUT2D eigenvalue weighted by atomic mass is 79.9. The van der Waals surface area contributed by atoms with Gasteiger partial charge in [0.15, 0.2) is 5.65 Å². The molecule has 7 heteroatoms. The Bertz CT molecular complexity index is 819. The molecule has 0 spiro atoms. The minimum atomic E-state index is -0.736. The second kappa shape index (κ2) is 7.50. The fourth-order valence-electron chi connectivity index (χ4n) is 3.37. The van der Waals surface area contributed by atoms with E-state index >= 15 is 0 Å². The molecule has 0 N–H and O–H groups in total. The molecule has 2 aromatic rings. The Morgan fingerprint density at radius 3 is 3.08 bits per heavy atom. The van der Waals surface area contributed by atoms with E-state index < -0.39 is 6.17 Å². The summed E-state index contributed by atoms with van der Waals surface area (Å²) in [6.45, 7) is 2.15. The van der Waals surface area contributed by atoms with Gasteiger partial charge in [-0.1, -0.05) is 6.08 Å². The maximum Gasteiger partial charge on any atom is 0.170 e. The van der Waals surface area contributed by atoms with Crippen LogP contribution < -0.4 is 0 Å². The number of halogens is 2. The number of thiazole rings is 1. The van der Waals surface area contributed by atoms with E-state index in [4.69, 9.17) is 4.98 Å². The lowest BCUT2D eigenvalue weighted by atomic mass is 10.0. The second-order valence-electron chi connectivity index (χ2n) is 6.56. The SMILES string of the molecule is F[C@H]1CCCN(C2=NCCCC(c3nc4ncc(Br)cc4s3)C=C2)C1. The molecule has 2 aliphatic rings. The summed E-state index contributed by atoms with van der Waals surface area (Å²) in [5.74, 6) is 1.20. The van der Waals surface area contributed by atoms with Gasteiger partial charge in [0, 0.05) is 29.7 Å². The first-order valence-electron chi connectivity index (χ1n) is 8.73. The maximum atomic E-state index is 13.7. The van der Waals surface area contributed by atoms with Crippen LogP contribution in [0.5, 0.6) is 0 Å². The van der Waals surface area contributed by atoms with E-state index in [1.807, 2.05) is 0 Å². The predicted molar refractivity (Wildman–Crippen MR) is 104 cm³/mol. The van der Waals surface area contributed by atoms with E-state index in [1.54, 1.807) is 17.5 Å². The molecule has 0 aliphatic carbocycles. The molecule has 1 saturated heterocycles. The number of hydrogen-bond donors (Lipinski definition) is 0. The summed E-state index contributed by atoms with van der Waals surface area (Å²) in [4.78, 5) is 15.9. The third kappa shape index (κ3) is 3.92. The first-order chi connectivity index (χ1) is 12.2. The number of amidine groups is 1. The van der Waals surface area contributed by atoms with Crippen LogP contribution in [0.1, 0.15) is 36.6 Å². The molecule has 4 nitrogen and oxygen atoms in total. The van der Waals surface area contributed by atoms with Gasteiger partial charge in [0.1, 0.15) is 17.0 Å². The van der Waals surface area contributed by atoms with Crippen LogP contribution in [0.15, 0.2) is 33.9 Å². The van der Waals surface area contributed by atoms with Crippen molar-refractivity contribution >= 4 is 43.4 Å². The molecule has 0 aromatic carbocycles. The molecule has 0 radical (unpaired) electrons. The van der Waals surface area contributed by atoms with Crippen molar-refractivity contribution in [1.82, 2.24) is 14.9 Å². The predicted octanol–water partition coefficient (Wildman–Crippen LogP) is 4.72. The molecular formula is C18H20BrFN4S. The third-order valence-corrected chi connectivity index (χ3v) is 6.22. The first kappa shape index (κ1) is 17.1. The van der Waals surface area contributed by atoms with Crippen LogP contribution in [0.4, 0.5) is 4.39 Å². The van der Waals surface area contributed by atoms with Crippen LogP contribution in [0.3, 0.4) is 0 Å². The number of aromatic nitrogens is 2. The van der Waals surface area contributed by atoms with Crippen LogP contribution >= 0.6 is 27.3 Å². The van der Waals surface area contributed by atoms with Crippen LogP contribution in [-0.4, -0.2) is 46.5 Å². The molecule has 132 valence electrons. The molecule has 25 heavy (non-hydrogen) atoms. The molecule has 2 aromatic heterocycles. The van der Waals surface area contributed by atoms with E-state index in [2.05, 4.69) is 49.0 Å². The number of piperidine rings is 1. The number of fused-ring (bicyclic) bond motifs is 1. The number of alkyl halides is 1. The Hall–Kier alpha value is -1.34. The summed E-state index contributed by atoms with van der Waals surface area (Å²) in [6.07, 6.45) is 8.91. The van der Waals surface area contributed by atoms with Gasteiger partial charge >= 0.3 is 0 Å². The zero-order valence-corrected chi connectivity index (χ0v) is 16.3. The fraction of sp³-hybridized carbons (Fsp3) is 0.500. The first-order valence-corrected chi connectivity index (χ1v) is 10.3. The molecule has 4 heterocycles. The monoisotopic (exact) mass is 422 g/mol. The van der Waals surface area contributed by atoms with Gasteiger partial charge in [0.25, 0.3) is 0 Å². The van der Waals surface area contributed by atoms with E-state index in [-0.39, 0.29) is 5.92 Å². The van der Waals surface area contributed by atoms with Crippen molar-refractivity contribution in [3.63, 3.8) is 0 Å². The van der Waals surface area contributed by atoms with Crippen molar-refractivity contribution in [3.05, 3.63) is 33.9 Å². The van der Waals surface area contributed by atoms with Crippen molar-refractivity contribution < 1.29 is 4.39 Å². The fourth-order valence-corrected chi connectivity index (χ4v) is 4.94. The number of allylic oxidation sites excluding steroid dienone is 1. The number of hydrogen-bond acceptors (Lipinski definition) is 5. The minimum Gasteiger partial charge on any atom is -0.354 e. The zero-order chi connectivity index (χ0) is 17.2. The van der Waals surface area contributed by atoms with Gasteiger partial charge in [0.05, 0.1) is 11.2 Å². The molecule has 0 saturated carbocycles. The lowest BCUT2D eigenvalue weighted by Gasteiger charge is -2.31. The van der Waals surface area contributed by atoms with E-state index in [9.17, 15) is 4.39 Å². The van der Waals surface area contributed by atoms with Crippen LogP contribution in [0.2, 0.25) is 0 Å². The van der Waals surface area contributed by atoms with Crippen LogP contribution in [0.25, 0.3) is 10.3 Å². The quantitative estimate of drug-likeness (QED) is 0.667. The Balaban J connectivity index is 1.57. The smallest absolute Gasteiger partial charge is 0.170 e. The number of likely N-dealkylation sites (tertiary alicyclic amines) is 1. The van der Waals surface area contributed by atoms with Gasteiger partial charge < -0.3 is 4.90 Å². The third-order valence-electron chi connectivity index (χ3n) is 4.66. The number of aliphatic imine (C=N–C) groups is 1. The number of rotatable bonds is 1. The van der Waals surface area contributed by atoms with E-state index in [0.29, 0.717) is 13.0 Å². The van der Waals surface area contributed by atoms with Crippen molar-refractivity contribution in [2.75, 3.05) is 19.6 Å². The Morgan fingerprint density at radius 1 is 1.28 bits per heavy atom.